The molecule has 20 heavy (non-hydrogen) atoms. The number of carbonyl (C=O) groups excluding carboxylic acids is 1. The number of hydrogen-bond donors (Lipinski definition) is 3. The summed E-state index contributed by atoms with van der Waals surface area (Å²) in [7, 11) is 0. The molecule has 0 saturated carbocycles. The fourth-order valence-corrected chi connectivity index (χ4v) is 1.99. The maximum atomic E-state index is 12.2. The van der Waals surface area contributed by atoms with Gasteiger partial charge in [0.1, 0.15) is 0 Å². The summed E-state index contributed by atoms with van der Waals surface area (Å²) in [5.41, 5.74) is 7.75. The first-order valence-corrected chi connectivity index (χ1v) is 6.49. The van der Waals surface area contributed by atoms with Crippen LogP contribution in [0.4, 0.5) is 11.4 Å². The van der Waals surface area contributed by atoms with E-state index < -0.39 is 6.10 Å². The molecule has 2 rings (SSSR count). The standard InChI is InChI=1S/C15H15ClN2O2/c1-9(19)10-3-2-4-12(7-10)18-15(20)13-8-11(17)5-6-14(13)16/h2-9,19H,17H2,1H3,(H,18,20)/t9-/m0/s1. The summed E-state index contributed by atoms with van der Waals surface area (Å²) in [6, 6.07) is 11.7. The first-order valence-electron chi connectivity index (χ1n) is 6.12. The number of aliphatic hydroxyl groups is 1. The van der Waals surface area contributed by atoms with Crippen LogP contribution in [0.15, 0.2) is 42.5 Å². The molecule has 0 saturated heterocycles. The van der Waals surface area contributed by atoms with Gasteiger partial charge in [-0.2, -0.15) is 0 Å². The van der Waals surface area contributed by atoms with Crippen LogP contribution in [0.1, 0.15) is 28.9 Å². The van der Waals surface area contributed by atoms with Crippen molar-refractivity contribution in [3.05, 3.63) is 58.6 Å². The molecule has 4 N–H and O–H groups in total. The third kappa shape index (κ3) is 3.29. The van der Waals surface area contributed by atoms with Gasteiger partial charge in [0.15, 0.2) is 0 Å². The molecule has 0 aliphatic carbocycles. The van der Waals surface area contributed by atoms with Crippen molar-refractivity contribution in [2.45, 2.75) is 13.0 Å². The van der Waals surface area contributed by atoms with Gasteiger partial charge in [0, 0.05) is 11.4 Å². The number of benzene rings is 2. The van der Waals surface area contributed by atoms with E-state index in [0.717, 1.165) is 5.56 Å². The van der Waals surface area contributed by atoms with Gasteiger partial charge in [-0.15, -0.1) is 0 Å². The Kier molecular flexibility index (Phi) is 4.27. The van der Waals surface area contributed by atoms with Gasteiger partial charge in [0.25, 0.3) is 5.91 Å². The lowest BCUT2D eigenvalue weighted by Gasteiger charge is -2.10. The molecule has 0 aliphatic rings. The van der Waals surface area contributed by atoms with Crippen LogP contribution < -0.4 is 11.1 Å². The molecule has 1 atom stereocenters. The number of carbonyl (C=O) groups is 1. The summed E-state index contributed by atoms with van der Waals surface area (Å²) < 4.78 is 0. The SMILES string of the molecule is C[C@H](O)c1cccc(NC(=O)c2cc(N)ccc2Cl)c1. The van der Waals surface area contributed by atoms with Crippen LogP contribution in [0, 0.1) is 0 Å². The Morgan fingerprint density at radius 3 is 2.75 bits per heavy atom. The van der Waals surface area contributed by atoms with Gasteiger partial charge in [-0.3, -0.25) is 4.79 Å². The van der Waals surface area contributed by atoms with E-state index in [9.17, 15) is 9.90 Å². The van der Waals surface area contributed by atoms with E-state index in [1.165, 1.54) is 6.07 Å². The number of halogens is 1. The quantitative estimate of drug-likeness (QED) is 0.760. The first-order chi connectivity index (χ1) is 9.47. The van der Waals surface area contributed by atoms with E-state index in [2.05, 4.69) is 5.32 Å². The van der Waals surface area contributed by atoms with E-state index in [0.29, 0.717) is 22.0 Å². The molecule has 1 amide bonds. The Hall–Kier alpha value is -2.04. The lowest BCUT2D eigenvalue weighted by atomic mass is 10.1. The van der Waals surface area contributed by atoms with Crippen LogP contribution in [0.25, 0.3) is 0 Å². The zero-order valence-electron chi connectivity index (χ0n) is 10.9. The number of hydrogen-bond acceptors (Lipinski definition) is 3. The Bertz CT molecular complexity index is 642. The van der Waals surface area contributed by atoms with Crippen LogP contribution in [0.5, 0.6) is 0 Å². The Balaban J connectivity index is 2.23. The monoisotopic (exact) mass is 290 g/mol. The molecule has 0 fully saturated rings. The van der Waals surface area contributed by atoms with Crippen LogP contribution in [-0.4, -0.2) is 11.0 Å². The minimum absolute atomic E-state index is 0.314. The highest BCUT2D eigenvalue weighted by Crippen LogP contribution is 2.22. The normalized spacial score (nSPS) is 11.9. The van der Waals surface area contributed by atoms with Crippen LogP contribution in [-0.2, 0) is 0 Å². The molecule has 2 aromatic carbocycles. The fourth-order valence-electron chi connectivity index (χ4n) is 1.79. The largest absolute Gasteiger partial charge is 0.399 e. The number of aliphatic hydroxyl groups excluding tert-OH is 1. The minimum Gasteiger partial charge on any atom is -0.399 e. The van der Waals surface area contributed by atoms with Gasteiger partial charge in [-0.05, 0) is 42.8 Å². The maximum Gasteiger partial charge on any atom is 0.257 e. The van der Waals surface area contributed by atoms with Gasteiger partial charge in [-0.25, -0.2) is 0 Å². The second-order valence-corrected chi connectivity index (χ2v) is 4.90. The molecule has 0 radical (unpaired) electrons. The van der Waals surface area contributed by atoms with Crippen LogP contribution in [0.2, 0.25) is 5.02 Å². The van der Waals surface area contributed by atoms with Crippen molar-refractivity contribution in [3.8, 4) is 0 Å². The van der Waals surface area contributed by atoms with Crippen LogP contribution >= 0.6 is 11.6 Å². The van der Waals surface area contributed by atoms with Gasteiger partial charge in [0.05, 0.1) is 16.7 Å². The predicted molar refractivity (Wildman–Crippen MR) is 80.9 cm³/mol. The molecular weight excluding hydrogens is 276 g/mol. The zero-order chi connectivity index (χ0) is 14.7. The van der Waals surface area contributed by atoms with Crippen LogP contribution in [0.3, 0.4) is 0 Å². The lowest BCUT2D eigenvalue weighted by molar-refractivity contribution is 0.102. The maximum absolute atomic E-state index is 12.2. The summed E-state index contributed by atoms with van der Waals surface area (Å²) >= 11 is 5.98. The van der Waals surface area contributed by atoms with Crippen molar-refractivity contribution in [3.63, 3.8) is 0 Å². The molecule has 0 unspecified atom stereocenters. The van der Waals surface area contributed by atoms with E-state index in [1.807, 2.05) is 0 Å². The molecule has 2 aromatic rings. The molecule has 0 bridgehead atoms. The first kappa shape index (κ1) is 14.4. The number of amides is 1. The molecule has 0 aliphatic heterocycles. The molecule has 0 aromatic heterocycles. The average Bonchev–Trinajstić information content (AvgIpc) is 2.41. The van der Waals surface area contributed by atoms with E-state index in [-0.39, 0.29) is 5.91 Å². The summed E-state index contributed by atoms with van der Waals surface area (Å²) in [6.07, 6.45) is -0.595. The van der Waals surface area contributed by atoms with Gasteiger partial charge < -0.3 is 16.2 Å². The highest BCUT2D eigenvalue weighted by atomic mass is 35.5. The molecule has 4 nitrogen and oxygen atoms in total. The molecular formula is C15H15ClN2O2. The number of nitrogens with one attached hydrogen (secondary N) is 1. The second kappa shape index (κ2) is 5.94. The van der Waals surface area contributed by atoms with Gasteiger partial charge in [-0.1, -0.05) is 23.7 Å². The molecule has 0 heterocycles. The highest BCUT2D eigenvalue weighted by Gasteiger charge is 2.11. The summed E-state index contributed by atoms with van der Waals surface area (Å²) in [5, 5.41) is 12.6. The number of nitrogen functional groups attached to an aromatic ring is 1. The summed E-state index contributed by atoms with van der Waals surface area (Å²) in [5.74, 6) is -0.343. The lowest BCUT2D eigenvalue weighted by Crippen LogP contribution is -2.13. The van der Waals surface area contributed by atoms with E-state index in [1.54, 1.807) is 43.3 Å². The number of rotatable bonds is 3. The smallest absolute Gasteiger partial charge is 0.257 e. The van der Waals surface area contributed by atoms with Crippen molar-refractivity contribution in [2.75, 3.05) is 11.1 Å². The van der Waals surface area contributed by atoms with Crippen molar-refractivity contribution < 1.29 is 9.90 Å². The topological polar surface area (TPSA) is 75.3 Å². The van der Waals surface area contributed by atoms with E-state index >= 15 is 0 Å². The summed E-state index contributed by atoms with van der Waals surface area (Å²) in [4.78, 5) is 12.2. The number of nitrogens with two attached hydrogens (primary N) is 1. The molecule has 104 valence electrons. The van der Waals surface area contributed by atoms with Gasteiger partial charge in [0.2, 0.25) is 0 Å². The third-order valence-corrected chi connectivity index (χ3v) is 3.19. The minimum atomic E-state index is -0.595. The van der Waals surface area contributed by atoms with Crippen molar-refractivity contribution in [1.82, 2.24) is 0 Å². The molecule has 0 spiro atoms. The second-order valence-electron chi connectivity index (χ2n) is 4.49. The Labute approximate surface area is 122 Å². The Morgan fingerprint density at radius 1 is 1.30 bits per heavy atom. The van der Waals surface area contributed by atoms with E-state index in [4.69, 9.17) is 17.3 Å². The highest BCUT2D eigenvalue weighted by molar-refractivity contribution is 6.34. The van der Waals surface area contributed by atoms with Gasteiger partial charge >= 0.3 is 0 Å². The Morgan fingerprint density at radius 2 is 2.05 bits per heavy atom. The summed E-state index contributed by atoms with van der Waals surface area (Å²) in [6.45, 7) is 1.66. The average molecular weight is 291 g/mol. The molecule has 5 heteroatoms. The van der Waals surface area contributed by atoms with Crippen molar-refractivity contribution >= 4 is 28.9 Å². The van der Waals surface area contributed by atoms with Crippen molar-refractivity contribution in [1.29, 1.82) is 0 Å². The zero-order valence-corrected chi connectivity index (χ0v) is 11.7. The predicted octanol–water partition coefficient (Wildman–Crippen LogP) is 3.23. The third-order valence-electron chi connectivity index (χ3n) is 2.86. The number of anilines is 2. The van der Waals surface area contributed by atoms with Crippen molar-refractivity contribution in [2.24, 2.45) is 0 Å². The fraction of sp³-hybridized carbons (Fsp3) is 0.133.